The quantitative estimate of drug-likeness (QED) is 0.460. The van der Waals surface area contributed by atoms with E-state index in [1.165, 1.54) is 7.11 Å². The van der Waals surface area contributed by atoms with Gasteiger partial charge >= 0.3 is 11.9 Å². The molecule has 9 nitrogen and oxygen atoms in total. The van der Waals surface area contributed by atoms with E-state index in [1.54, 1.807) is 67.6 Å². The molecule has 0 spiro atoms. The number of carbonyl (C=O) groups is 4. The molecule has 0 saturated heterocycles. The predicted molar refractivity (Wildman–Crippen MR) is 119 cm³/mol. The lowest BCUT2D eigenvalue weighted by Gasteiger charge is -2.27. The van der Waals surface area contributed by atoms with E-state index in [0.29, 0.717) is 11.1 Å². The Bertz CT molecular complexity index is 950. The first kappa shape index (κ1) is 25.5. The van der Waals surface area contributed by atoms with Gasteiger partial charge in [0.15, 0.2) is 6.10 Å². The number of hydrogen-bond donors (Lipinski definition) is 3. The number of carbonyl (C=O) groups excluding carboxylic acids is 4. The van der Waals surface area contributed by atoms with Gasteiger partial charge in [-0.15, -0.1) is 0 Å². The van der Waals surface area contributed by atoms with Crippen LogP contribution in [0.5, 0.6) is 0 Å². The van der Waals surface area contributed by atoms with Crippen molar-refractivity contribution in [1.29, 1.82) is 0 Å². The highest BCUT2D eigenvalue weighted by molar-refractivity contribution is 5.95. The van der Waals surface area contributed by atoms with Gasteiger partial charge in [-0.3, -0.25) is 14.4 Å². The molecule has 2 aromatic rings. The summed E-state index contributed by atoms with van der Waals surface area (Å²) in [4.78, 5) is 49.5. The van der Waals surface area contributed by atoms with Gasteiger partial charge in [0, 0.05) is 5.56 Å². The summed E-state index contributed by atoms with van der Waals surface area (Å²) in [6.45, 7) is 1.57. The number of ether oxygens (including phenoxy) is 2. The van der Waals surface area contributed by atoms with Crippen LogP contribution in [0, 0.1) is 5.92 Å². The Morgan fingerprint density at radius 3 is 2.00 bits per heavy atom. The Morgan fingerprint density at radius 2 is 1.45 bits per heavy atom. The van der Waals surface area contributed by atoms with Crippen LogP contribution in [-0.2, 0) is 23.9 Å². The molecule has 0 aliphatic carbocycles. The summed E-state index contributed by atoms with van der Waals surface area (Å²) in [7, 11) is 2.36. The Hall–Kier alpha value is -3.72. The first-order valence-corrected chi connectivity index (χ1v) is 10.3. The molecule has 2 amide bonds. The molecule has 176 valence electrons. The lowest BCUT2D eigenvalue weighted by molar-refractivity contribution is -0.149. The third kappa shape index (κ3) is 7.15. The monoisotopic (exact) mass is 456 g/mol. The minimum absolute atomic E-state index is 0.153. The highest BCUT2D eigenvalue weighted by Gasteiger charge is 2.35. The van der Waals surface area contributed by atoms with Crippen LogP contribution < -0.4 is 10.6 Å². The Kier molecular flexibility index (Phi) is 9.56. The van der Waals surface area contributed by atoms with Crippen molar-refractivity contribution in [1.82, 2.24) is 10.6 Å². The van der Waals surface area contributed by atoms with Crippen LogP contribution in [0.3, 0.4) is 0 Å². The lowest BCUT2D eigenvalue weighted by Crippen LogP contribution is -2.52. The number of benzene rings is 2. The predicted octanol–water partition coefficient (Wildman–Crippen LogP) is 1.38. The van der Waals surface area contributed by atoms with Crippen LogP contribution in [0.25, 0.3) is 0 Å². The van der Waals surface area contributed by atoms with Crippen molar-refractivity contribution < 1.29 is 33.8 Å². The Balaban J connectivity index is 2.25. The average molecular weight is 456 g/mol. The molecule has 0 aromatic heterocycles. The summed E-state index contributed by atoms with van der Waals surface area (Å²) in [5.41, 5.74) is 0.840. The van der Waals surface area contributed by atoms with Crippen LogP contribution >= 0.6 is 0 Å². The van der Waals surface area contributed by atoms with E-state index in [0.717, 1.165) is 7.11 Å². The van der Waals surface area contributed by atoms with Gasteiger partial charge in [0.2, 0.25) is 0 Å². The molecule has 2 rings (SSSR count). The van der Waals surface area contributed by atoms with E-state index in [2.05, 4.69) is 15.4 Å². The van der Waals surface area contributed by atoms with Crippen LogP contribution in [0.15, 0.2) is 60.7 Å². The smallest absolute Gasteiger partial charge is 0.328 e. The van der Waals surface area contributed by atoms with Gasteiger partial charge in [-0.25, -0.2) is 4.79 Å². The van der Waals surface area contributed by atoms with Crippen molar-refractivity contribution in [3.8, 4) is 0 Å². The van der Waals surface area contributed by atoms with Crippen molar-refractivity contribution in [2.75, 3.05) is 14.2 Å². The van der Waals surface area contributed by atoms with E-state index in [4.69, 9.17) is 4.74 Å². The van der Waals surface area contributed by atoms with Crippen LogP contribution in [0.4, 0.5) is 0 Å². The molecule has 4 atom stereocenters. The summed E-state index contributed by atoms with van der Waals surface area (Å²) >= 11 is 0. The standard InChI is InChI=1S/C24H28N2O7/c1-15(14-18(27)32-2)19(24(31)33-3)25-23(30)21(28)20(16-10-6-4-7-11-16)26-22(29)17-12-8-5-9-13-17/h4-13,15,19-21,28H,14H2,1-3H3,(H,25,30)(H,26,29)/t15-,19-,20+,21-/m1/s1. The number of methoxy groups -OCH3 is 2. The largest absolute Gasteiger partial charge is 0.469 e. The normalized spacial score (nSPS) is 14.2. The molecule has 33 heavy (non-hydrogen) atoms. The second-order valence-electron chi connectivity index (χ2n) is 7.44. The highest BCUT2D eigenvalue weighted by atomic mass is 16.5. The number of aliphatic hydroxyl groups is 1. The van der Waals surface area contributed by atoms with Crippen LogP contribution in [0.1, 0.15) is 35.3 Å². The fourth-order valence-corrected chi connectivity index (χ4v) is 3.23. The minimum atomic E-state index is -1.74. The molecule has 0 unspecified atom stereocenters. The third-order valence-electron chi connectivity index (χ3n) is 5.10. The Labute approximate surface area is 192 Å². The van der Waals surface area contributed by atoms with Crippen LogP contribution in [-0.4, -0.2) is 55.2 Å². The zero-order valence-electron chi connectivity index (χ0n) is 18.7. The van der Waals surface area contributed by atoms with Gasteiger partial charge in [-0.05, 0) is 23.6 Å². The van der Waals surface area contributed by atoms with Gasteiger partial charge in [0.25, 0.3) is 11.8 Å². The molecule has 9 heteroatoms. The summed E-state index contributed by atoms with van der Waals surface area (Å²) in [5, 5.41) is 16.0. The van der Waals surface area contributed by atoms with Crippen molar-refractivity contribution >= 4 is 23.8 Å². The van der Waals surface area contributed by atoms with Gasteiger partial charge < -0.3 is 25.2 Å². The zero-order chi connectivity index (χ0) is 24.4. The molecule has 3 N–H and O–H groups in total. The summed E-state index contributed by atoms with van der Waals surface area (Å²) in [5.74, 6) is -3.42. The maximum atomic E-state index is 12.9. The molecule has 0 saturated carbocycles. The zero-order valence-corrected chi connectivity index (χ0v) is 18.7. The molecular weight excluding hydrogens is 428 g/mol. The second kappa shape index (κ2) is 12.4. The third-order valence-corrected chi connectivity index (χ3v) is 5.10. The van der Waals surface area contributed by atoms with Crippen molar-refractivity contribution in [2.45, 2.75) is 31.5 Å². The van der Waals surface area contributed by atoms with E-state index in [-0.39, 0.29) is 6.42 Å². The maximum absolute atomic E-state index is 12.9. The average Bonchev–Trinajstić information content (AvgIpc) is 2.85. The number of rotatable bonds is 10. The van der Waals surface area contributed by atoms with Crippen molar-refractivity contribution in [2.24, 2.45) is 5.92 Å². The van der Waals surface area contributed by atoms with Gasteiger partial charge in [-0.1, -0.05) is 55.5 Å². The topological polar surface area (TPSA) is 131 Å². The van der Waals surface area contributed by atoms with Crippen molar-refractivity contribution in [3.05, 3.63) is 71.8 Å². The van der Waals surface area contributed by atoms with E-state index < -0.39 is 47.9 Å². The minimum Gasteiger partial charge on any atom is -0.469 e. The summed E-state index contributed by atoms with van der Waals surface area (Å²) in [6, 6.07) is 14.5. The molecular formula is C24H28N2O7. The first-order chi connectivity index (χ1) is 15.8. The molecule has 2 aromatic carbocycles. The number of nitrogens with one attached hydrogen (secondary N) is 2. The van der Waals surface area contributed by atoms with Gasteiger partial charge in [0.1, 0.15) is 6.04 Å². The fourth-order valence-electron chi connectivity index (χ4n) is 3.23. The molecule has 0 fully saturated rings. The fraction of sp³-hybridized carbons (Fsp3) is 0.333. The summed E-state index contributed by atoms with van der Waals surface area (Å²) in [6.07, 6.45) is -1.89. The first-order valence-electron chi connectivity index (χ1n) is 10.3. The van der Waals surface area contributed by atoms with Crippen molar-refractivity contribution in [3.63, 3.8) is 0 Å². The summed E-state index contributed by atoms with van der Waals surface area (Å²) < 4.78 is 9.36. The number of amides is 2. The SMILES string of the molecule is COC(=O)C[C@@H](C)[C@@H](NC(=O)[C@H](O)[C@@H](NC(=O)c1ccccc1)c1ccccc1)C(=O)OC. The van der Waals surface area contributed by atoms with E-state index in [9.17, 15) is 24.3 Å². The van der Waals surface area contributed by atoms with Gasteiger partial charge in [0.05, 0.1) is 26.7 Å². The molecule has 0 aliphatic heterocycles. The second-order valence-corrected chi connectivity index (χ2v) is 7.44. The molecule has 0 aliphatic rings. The van der Waals surface area contributed by atoms with E-state index in [1.807, 2.05) is 0 Å². The Morgan fingerprint density at radius 1 is 0.879 bits per heavy atom. The van der Waals surface area contributed by atoms with E-state index >= 15 is 0 Å². The number of aliphatic hydroxyl groups excluding tert-OH is 1. The number of esters is 2. The lowest BCUT2D eigenvalue weighted by atomic mass is 9.96. The van der Waals surface area contributed by atoms with Gasteiger partial charge in [-0.2, -0.15) is 0 Å². The highest BCUT2D eigenvalue weighted by Crippen LogP contribution is 2.19. The number of hydrogen-bond acceptors (Lipinski definition) is 7. The maximum Gasteiger partial charge on any atom is 0.328 e. The van der Waals surface area contributed by atoms with Crippen LogP contribution in [0.2, 0.25) is 0 Å². The molecule has 0 heterocycles. The molecule has 0 radical (unpaired) electrons. The molecule has 0 bridgehead atoms.